The van der Waals surface area contributed by atoms with E-state index in [2.05, 4.69) is 10.4 Å². The molecule has 1 heterocycles. The Morgan fingerprint density at radius 1 is 1.56 bits per heavy atom. The Morgan fingerprint density at radius 2 is 2.28 bits per heavy atom. The van der Waals surface area contributed by atoms with Gasteiger partial charge in [0, 0.05) is 19.6 Å². The molecule has 1 N–H and O–H groups in total. The van der Waals surface area contributed by atoms with Crippen LogP contribution in [0.1, 0.15) is 12.8 Å². The Hall–Kier alpha value is -1.07. The highest BCUT2D eigenvalue weighted by atomic mass is 35.5. The third kappa shape index (κ3) is 3.46. The summed E-state index contributed by atoms with van der Waals surface area (Å²) in [5, 5.41) is 7.58. The minimum atomic E-state index is -0.117. The molecular weight excluding hydrogens is 252 g/mol. The summed E-state index contributed by atoms with van der Waals surface area (Å²) < 4.78 is 1.52. The molecule has 1 aromatic heterocycles. The van der Waals surface area contributed by atoms with E-state index < -0.39 is 0 Å². The Balaban J connectivity index is 2.09. The van der Waals surface area contributed by atoms with Crippen LogP contribution in [0.3, 0.4) is 0 Å². The quantitative estimate of drug-likeness (QED) is 0.846. The van der Waals surface area contributed by atoms with Crippen LogP contribution in [0, 0.1) is 5.92 Å². The summed E-state index contributed by atoms with van der Waals surface area (Å²) in [5.41, 5.74) is 0.349. The minimum absolute atomic E-state index is 0.117. The lowest BCUT2D eigenvalue weighted by Gasteiger charge is -2.13. The molecule has 1 saturated carbocycles. The topological polar surface area (TPSA) is 50.2 Å². The maximum atomic E-state index is 12.2. The molecule has 1 fully saturated rings. The molecule has 6 heteroatoms. The van der Waals surface area contributed by atoms with Gasteiger partial charge < -0.3 is 10.2 Å². The van der Waals surface area contributed by atoms with Crippen molar-refractivity contribution in [3.63, 3.8) is 0 Å². The van der Waals surface area contributed by atoms with E-state index in [9.17, 15) is 4.79 Å². The van der Waals surface area contributed by atoms with E-state index >= 15 is 0 Å². The number of nitrogens with zero attached hydrogens (tertiary/aromatic N) is 3. The first-order chi connectivity index (χ1) is 8.58. The average Bonchev–Trinajstić information content (AvgIpc) is 3.10. The molecule has 1 aliphatic rings. The van der Waals surface area contributed by atoms with Gasteiger partial charge in [-0.15, -0.1) is 0 Å². The first kappa shape index (κ1) is 13.4. The molecule has 0 amide bonds. The van der Waals surface area contributed by atoms with Crippen LogP contribution in [0.25, 0.3) is 0 Å². The lowest BCUT2D eigenvalue weighted by molar-refractivity contribution is 0.425. The fourth-order valence-electron chi connectivity index (χ4n) is 1.71. The summed E-state index contributed by atoms with van der Waals surface area (Å²) in [4.78, 5) is 14.2. The average molecular weight is 271 g/mol. The van der Waals surface area contributed by atoms with Crippen molar-refractivity contribution in [2.24, 2.45) is 5.92 Å². The maximum Gasteiger partial charge on any atom is 0.291 e. The number of hydrogen-bond acceptors (Lipinski definition) is 4. The van der Waals surface area contributed by atoms with Crippen LogP contribution in [0.15, 0.2) is 11.0 Å². The van der Waals surface area contributed by atoms with Gasteiger partial charge in [-0.25, -0.2) is 4.68 Å². The molecule has 1 aromatic rings. The van der Waals surface area contributed by atoms with Gasteiger partial charge >= 0.3 is 0 Å². The van der Waals surface area contributed by atoms with Crippen LogP contribution in [-0.4, -0.2) is 41.9 Å². The predicted octanol–water partition coefficient (Wildman–Crippen LogP) is 1.28. The van der Waals surface area contributed by atoms with Crippen LogP contribution in [0.5, 0.6) is 0 Å². The number of halogens is 1. The molecule has 0 spiro atoms. The van der Waals surface area contributed by atoms with Crippen molar-refractivity contribution in [3.8, 4) is 0 Å². The van der Waals surface area contributed by atoms with Crippen molar-refractivity contribution >= 4 is 17.3 Å². The second-order valence-electron chi connectivity index (χ2n) is 5.03. The van der Waals surface area contributed by atoms with Crippen molar-refractivity contribution in [2.75, 3.05) is 32.5 Å². The SMILES string of the molecule is CN(C)CCNc1c(Cl)cnn(CC2CC2)c1=O. The Labute approximate surface area is 112 Å². The largest absolute Gasteiger partial charge is 0.378 e. The molecule has 5 nitrogen and oxygen atoms in total. The van der Waals surface area contributed by atoms with Gasteiger partial charge in [-0.2, -0.15) is 5.10 Å². The number of hydrogen-bond donors (Lipinski definition) is 1. The highest BCUT2D eigenvalue weighted by molar-refractivity contribution is 6.32. The number of likely N-dealkylation sites (N-methyl/N-ethyl adjacent to an activating group) is 1. The molecule has 0 aliphatic heterocycles. The number of nitrogens with one attached hydrogen (secondary N) is 1. The fourth-order valence-corrected chi connectivity index (χ4v) is 1.90. The van der Waals surface area contributed by atoms with Gasteiger partial charge in [0.1, 0.15) is 5.69 Å². The van der Waals surface area contributed by atoms with Crippen LogP contribution in [-0.2, 0) is 6.54 Å². The van der Waals surface area contributed by atoms with E-state index in [1.54, 1.807) is 6.20 Å². The van der Waals surface area contributed by atoms with Crippen LogP contribution in [0.2, 0.25) is 5.02 Å². The minimum Gasteiger partial charge on any atom is -0.378 e. The number of aromatic nitrogens is 2. The van der Waals surface area contributed by atoms with E-state index in [-0.39, 0.29) is 5.56 Å². The molecule has 0 radical (unpaired) electrons. The van der Waals surface area contributed by atoms with Crippen LogP contribution < -0.4 is 10.9 Å². The monoisotopic (exact) mass is 270 g/mol. The van der Waals surface area contributed by atoms with Crippen molar-refractivity contribution in [3.05, 3.63) is 21.6 Å². The third-order valence-corrected chi connectivity index (χ3v) is 3.27. The normalized spacial score (nSPS) is 15.1. The summed E-state index contributed by atoms with van der Waals surface area (Å²) in [5.74, 6) is 0.617. The number of anilines is 1. The Morgan fingerprint density at radius 3 is 2.89 bits per heavy atom. The second kappa shape index (κ2) is 5.71. The summed E-state index contributed by atoms with van der Waals surface area (Å²) in [6.45, 7) is 2.24. The first-order valence-corrected chi connectivity index (χ1v) is 6.60. The molecule has 1 aliphatic carbocycles. The molecule has 18 heavy (non-hydrogen) atoms. The van der Waals surface area contributed by atoms with Crippen molar-refractivity contribution in [2.45, 2.75) is 19.4 Å². The summed E-state index contributed by atoms with van der Waals surface area (Å²) in [7, 11) is 3.97. The van der Waals surface area contributed by atoms with E-state index in [0.29, 0.717) is 29.7 Å². The molecular formula is C12H19ClN4O. The van der Waals surface area contributed by atoms with Gasteiger partial charge in [0.25, 0.3) is 5.56 Å². The highest BCUT2D eigenvalue weighted by Crippen LogP contribution is 2.30. The summed E-state index contributed by atoms with van der Waals surface area (Å²) >= 11 is 6.02. The summed E-state index contributed by atoms with van der Waals surface area (Å²) in [6.07, 6.45) is 3.93. The van der Waals surface area contributed by atoms with E-state index in [1.807, 2.05) is 19.0 Å². The van der Waals surface area contributed by atoms with Gasteiger partial charge in [-0.1, -0.05) is 11.6 Å². The molecule has 0 saturated heterocycles. The highest BCUT2D eigenvalue weighted by Gasteiger charge is 2.23. The van der Waals surface area contributed by atoms with Crippen molar-refractivity contribution < 1.29 is 0 Å². The molecule has 0 unspecified atom stereocenters. The smallest absolute Gasteiger partial charge is 0.291 e. The lowest BCUT2D eigenvalue weighted by Crippen LogP contribution is -2.29. The zero-order valence-corrected chi connectivity index (χ0v) is 11.6. The van der Waals surface area contributed by atoms with Crippen LogP contribution >= 0.6 is 11.6 Å². The third-order valence-electron chi connectivity index (χ3n) is 2.99. The zero-order valence-electron chi connectivity index (χ0n) is 10.8. The van der Waals surface area contributed by atoms with E-state index in [4.69, 9.17) is 11.6 Å². The van der Waals surface area contributed by atoms with Crippen LogP contribution in [0.4, 0.5) is 5.69 Å². The lowest BCUT2D eigenvalue weighted by atomic mass is 10.4. The molecule has 100 valence electrons. The standard InChI is InChI=1S/C12H19ClN4O/c1-16(2)6-5-14-11-10(13)7-15-17(12(11)18)8-9-3-4-9/h7,9,14H,3-6,8H2,1-2H3. The second-order valence-corrected chi connectivity index (χ2v) is 5.44. The van der Waals surface area contributed by atoms with E-state index in [0.717, 1.165) is 6.54 Å². The number of rotatable bonds is 6. The van der Waals surface area contributed by atoms with Crippen molar-refractivity contribution in [1.82, 2.24) is 14.7 Å². The van der Waals surface area contributed by atoms with Gasteiger partial charge in [-0.3, -0.25) is 4.79 Å². The Bertz CT molecular complexity index is 468. The van der Waals surface area contributed by atoms with Crippen molar-refractivity contribution in [1.29, 1.82) is 0 Å². The van der Waals surface area contributed by atoms with E-state index in [1.165, 1.54) is 17.5 Å². The molecule has 0 atom stereocenters. The summed E-state index contributed by atoms with van der Waals surface area (Å²) in [6, 6.07) is 0. The predicted molar refractivity (Wildman–Crippen MR) is 73.3 cm³/mol. The van der Waals surface area contributed by atoms with Gasteiger partial charge in [-0.05, 0) is 32.9 Å². The molecule has 0 bridgehead atoms. The maximum absolute atomic E-state index is 12.2. The fraction of sp³-hybridized carbons (Fsp3) is 0.667. The van der Waals surface area contributed by atoms with Gasteiger partial charge in [0.05, 0.1) is 11.2 Å². The Kier molecular flexibility index (Phi) is 4.24. The first-order valence-electron chi connectivity index (χ1n) is 6.22. The van der Waals surface area contributed by atoms with Gasteiger partial charge in [0.15, 0.2) is 0 Å². The molecule has 0 aromatic carbocycles. The molecule has 2 rings (SSSR count). The zero-order chi connectivity index (χ0) is 13.1. The van der Waals surface area contributed by atoms with Gasteiger partial charge in [0.2, 0.25) is 0 Å².